The molecule has 0 saturated heterocycles. The Morgan fingerprint density at radius 1 is 1.17 bits per heavy atom. The van der Waals surface area contributed by atoms with Gasteiger partial charge in [-0.3, -0.25) is 0 Å². The second kappa shape index (κ2) is 4.61. The molecular weight excluding hydrogens is 240 g/mol. The lowest BCUT2D eigenvalue weighted by Gasteiger charge is -2.51. The normalized spacial score (nSPS) is 24.9. The Kier molecular flexibility index (Phi) is 3.58. The molecule has 0 amide bonds. The third-order valence-electron chi connectivity index (χ3n) is 3.87. The number of nitrogens with zero attached hydrogens (tertiary/aromatic N) is 1. The van der Waals surface area contributed by atoms with Crippen molar-refractivity contribution in [1.82, 2.24) is 10.3 Å². The summed E-state index contributed by atoms with van der Waals surface area (Å²) >= 11 is 1.80. The number of nitrogens with one attached hydrogen (secondary N) is 1. The van der Waals surface area contributed by atoms with Crippen molar-refractivity contribution in [2.45, 2.75) is 59.4 Å². The summed E-state index contributed by atoms with van der Waals surface area (Å²) in [6, 6.07) is 0. The summed E-state index contributed by atoms with van der Waals surface area (Å²) in [5, 5.41) is 7.13. The minimum absolute atomic E-state index is 0.0775. The van der Waals surface area contributed by atoms with E-state index in [0.717, 1.165) is 6.54 Å². The van der Waals surface area contributed by atoms with Gasteiger partial charge in [0, 0.05) is 11.6 Å². The van der Waals surface area contributed by atoms with Crippen molar-refractivity contribution < 1.29 is 0 Å². The van der Waals surface area contributed by atoms with Crippen molar-refractivity contribution in [3.05, 3.63) is 16.6 Å². The van der Waals surface area contributed by atoms with E-state index in [1.54, 1.807) is 11.3 Å². The first-order valence-electron chi connectivity index (χ1n) is 6.94. The first-order chi connectivity index (χ1) is 8.29. The molecule has 2 rings (SSSR count). The smallest absolute Gasteiger partial charge is 0.113 e. The lowest BCUT2D eigenvalue weighted by Crippen LogP contribution is -2.52. The SMILES string of the molecule is CCNC1(c2nccs2)CC(C)(C)CC(C)(C)C1. The van der Waals surface area contributed by atoms with Crippen molar-refractivity contribution in [3.8, 4) is 0 Å². The maximum Gasteiger partial charge on any atom is 0.113 e. The van der Waals surface area contributed by atoms with Crippen LogP contribution >= 0.6 is 11.3 Å². The second-order valence-electron chi connectivity index (χ2n) is 7.31. The Hall–Kier alpha value is -0.410. The molecule has 3 heteroatoms. The third kappa shape index (κ3) is 2.77. The summed E-state index contributed by atoms with van der Waals surface area (Å²) in [5.74, 6) is 0. The molecule has 1 aliphatic carbocycles. The number of hydrogen-bond donors (Lipinski definition) is 1. The van der Waals surface area contributed by atoms with E-state index in [1.807, 2.05) is 6.20 Å². The Labute approximate surface area is 115 Å². The van der Waals surface area contributed by atoms with Gasteiger partial charge in [-0.15, -0.1) is 11.3 Å². The van der Waals surface area contributed by atoms with Crippen LogP contribution in [0.4, 0.5) is 0 Å². The van der Waals surface area contributed by atoms with Gasteiger partial charge in [-0.1, -0.05) is 34.6 Å². The molecule has 0 radical (unpaired) electrons. The van der Waals surface area contributed by atoms with Crippen molar-refractivity contribution in [2.75, 3.05) is 6.54 Å². The zero-order valence-corrected chi connectivity index (χ0v) is 13.2. The van der Waals surface area contributed by atoms with Gasteiger partial charge in [0.2, 0.25) is 0 Å². The number of thiazole rings is 1. The standard InChI is InChI=1S/C15H26N2S/c1-6-17-15(12-16-7-8-18-12)10-13(2,3)9-14(4,5)11-15/h7-8,17H,6,9-11H2,1-5H3. The minimum Gasteiger partial charge on any atom is -0.306 e. The fraction of sp³-hybridized carbons (Fsp3) is 0.800. The summed E-state index contributed by atoms with van der Waals surface area (Å²) in [6.07, 6.45) is 5.60. The van der Waals surface area contributed by atoms with E-state index in [-0.39, 0.29) is 5.54 Å². The van der Waals surface area contributed by atoms with E-state index in [4.69, 9.17) is 0 Å². The maximum atomic E-state index is 4.62. The van der Waals surface area contributed by atoms with Crippen LogP contribution in [0.15, 0.2) is 11.6 Å². The van der Waals surface area contributed by atoms with Crippen LogP contribution in [0.25, 0.3) is 0 Å². The van der Waals surface area contributed by atoms with Gasteiger partial charge in [0.25, 0.3) is 0 Å². The van der Waals surface area contributed by atoms with Crippen LogP contribution in [0.2, 0.25) is 0 Å². The van der Waals surface area contributed by atoms with E-state index in [2.05, 4.69) is 50.3 Å². The fourth-order valence-electron chi connectivity index (χ4n) is 4.27. The molecule has 1 aromatic rings. The zero-order valence-electron chi connectivity index (χ0n) is 12.3. The highest BCUT2D eigenvalue weighted by Crippen LogP contribution is 2.54. The molecule has 0 unspecified atom stereocenters. The van der Waals surface area contributed by atoms with Gasteiger partial charge in [-0.05, 0) is 36.6 Å². The first-order valence-corrected chi connectivity index (χ1v) is 7.82. The van der Waals surface area contributed by atoms with Crippen LogP contribution < -0.4 is 5.32 Å². The number of rotatable bonds is 3. The van der Waals surface area contributed by atoms with E-state index >= 15 is 0 Å². The van der Waals surface area contributed by atoms with Crippen LogP contribution in [0.5, 0.6) is 0 Å². The summed E-state index contributed by atoms with van der Waals surface area (Å²) in [6.45, 7) is 12.8. The van der Waals surface area contributed by atoms with Crippen molar-refractivity contribution in [2.24, 2.45) is 10.8 Å². The summed E-state index contributed by atoms with van der Waals surface area (Å²) in [5.41, 5.74) is 0.819. The zero-order chi connectivity index (χ0) is 13.4. The highest BCUT2D eigenvalue weighted by atomic mass is 32.1. The molecule has 1 N–H and O–H groups in total. The molecule has 18 heavy (non-hydrogen) atoms. The monoisotopic (exact) mass is 266 g/mol. The molecular formula is C15H26N2S. The Bertz CT molecular complexity index is 377. The van der Waals surface area contributed by atoms with Gasteiger partial charge in [-0.25, -0.2) is 4.98 Å². The minimum atomic E-state index is 0.0775. The van der Waals surface area contributed by atoms with Crippen LogP contribution in [-0.2, 0) is 5.54 Å². The molecule has 0 aliphatic heterocycles. The molecule has 2 nitrogen and oxygen atoms in total. The van der Waals surface area contributed by atoms with Gasteiger partial charge in [-0.2, -0.15) is 0 Å². The number of hydrogen-bond acceptors (Lipinski definition) is 3. The largest absolute Gasteiger partial charge is 0.306 e. The van der Waals surface area contributed by atoms with E-state index in [0.29, 0.717) is 10.8 Å². The van der Waals surface area contributed by atoms with Gasteiger partial charge < -0.3 is 5.32 Å². The van der Waals surface area contributed by atoms with Crippen LogP contribution in [0, 0.1) is 10.8 Å². The topological polar surface area (TPSA) is 24.9 Å². The molecule has 1 heterocycles. The highest BCUT2D eigenvalue weighted by molar-refractivity contribution is 7.09. The molecule has 0 atom stereocenters. The predicted molar refractivity (Wildman–Crippen MR) is 78.9 cm³/mol. The van der Waals surface area contributed by atoms with E-state index < -0.39 is 0 Å². The van der Waals surface area contributed by atoms with Gasteiger partial charge in [0.1, 0.15) is 5.01 Å². The quantitative estimate of drug-likeness (QED) is 0.887. The number of aromatic nitrogens is 1. The summed E-state index contributed by atoms with van der Waals surface area (Å²) < 4.78 is 0. The second-order valence-corrected chi connectivity index (χ2v) is 8.20. The van der Waals surface area contributed by atoms with E-state index in [1.165, 1.54) is 24.3 Å². The highest BCUT2D eigenvalue weighted by Gasteiger charge is 2.49. The predicted octanol–water partition coefficient (Wildman–Crippen LogP) is 4.18. The van der Waals surface area contributed by atoms with Gasteiger partial charge in [0.15, 0.2) is 0 Å². The lowest BCUT2D eigenvalue weighted by molar-refractivity contribution is 0.0267. The van der Waals surface area contributed by atoms with E-state index in [9.17, 15) is 0 Å². The molecule has 1 saturated carbocycles. The third-order valence-corrected chi connectivity index (χ3v) is 4.85. The average molecular weight is 266 g/mol. The van der Waals surface area contributed by atoms with Gasteiger partial charge in [0.05, 0.1) is 5.54 Å². The first kappa shape index (κ1) is 14.0. The van der Waals surface area contributed by atoms with Crippen molar-refractivity contribution in [1.29, 1.82) is 0 Å². The van der Waals surface area contributed by atoms with Crippen molar-refractivity contribution >= 4 is 11.3 Å². The van der Waals surface area contributed by atoms with Gasteiger partial charge >= 0.3 is 0 Å². The summed E-state index contributed by atoms with van der Waals surface area (Å²) in [4.78, 5) is 4.62. The van der Waals surface area contributed by atoms with Crippen LogP contribution in [0.3, 0.4) is 0 Å². The fourth-order valence-corrected chi connectivity index (χ4v) is 5.08. The molecule has 1 fully saturated rings. The molecule has 0 bridgehead atoms. The lowest BCUT2D eigenvalue weighted by atomic mass is 9.58. The summed E-state index contributed by atoms with van der Waals surface area (Å²) in [7, 11) is 0. The van der Waals surface area contributed by atoms with Crippen molar-refractivity contribution in [3.63, 3.8) is 0 Å². The molecule has 0 aromatic carbocycles. The van der Waals surface area contributed by atoms with Crippen LogP contribution in [-0.4, -0.2) is 11.5 Å². The Balaban J connectivity index is 2.40. The van der Waals surface area contributed by atoms with Crippen LogP contribution in [0.1, 0.15) is 58.9 Å². The molecule has 0 spiro atoms. The average Bonchev–Trinajstić information content (AvgIpc) is 2.64. The molecule has 102 valence electrons. The Morgan fingerprint density at radius 2 is 1.78 bits per heavy atom. The molecule has 1 aromatic heterocycles. The maximum absolute atomic E-state index is 4.62. The molecule has 1 aliphatic rings. The Morgan fingerprint density at radius 3 is 2.22 bits per heavy atom.